The normalized spacial score (nSPS) is 16.1. The number of fused-ring (bicyclic) bond motifs is 1. The van der Waals surface area contributed by atoms with Crippen LogP contribution in [0.1, 0.15) is 25.1 Å². The van der Waals surface area contributed by atoms with E-state index in [1.165, 1.54) is 0 Å². The Morgan fingerprint density at radius 2 is 2.00 bits per heavy atom. The number of likely N-dealkylation sites (tertiary alicyclic amines) is 1. The maximum absolute atomic E-state index is 12.4. The lowest BCUT2D eigenvalue weighted by atomic mass is 10.1. The third-order valence-corrected chi connectivity index (χ3v) is 5.23. The highest BCUT2D eigenvalue weighted by Crippen LogP contribution is 2.13. The zero-order valence-corrected chi connectivity index (χ0v) is 15.4. The molecule has 1 amide bonds. The number of rotatable bonds is 5. The summed E-state index contributed by atoms with van der Waals surface area (Å²) in [7, 11) is -3.23. The molecule has 0 bridgehead atoms. The number of nitrogens with one attached hydrogen (secondary N) is 2. The Hall–Kier alpha value is -2.26. The standard InChI is InChI=1S/C17H22N4O4S/c1-26(24,25)20-12-8-10-21(11-9-12)16(22)7-6-15-18-14-5-3-2-4-13(14)17(23)19-15/h2-5,12,20H,6-11H2,1H3,(H,18,19,23). The van der Waals surface area contributed by atoms with Crippen LogP contribution in [-0.4, -0.2) is 54.6 Å². The molecule has 8 nitrogen and oxygen atoms in total. The molecule has 2 N–H and O–H groups in total. The van der Waals surface area contributed by atoms with Crippen LogP contribution in [-0.2, 0) is 21.2 Å². The topological polar surface area (TPSA) is 112 Å². The molecule has 1 fully saturated rings. The molecule has 0 atom stereocenters. The smallest absolute Gasteiger partial charge is 0.258 e. The molecule has 3 rings (SSSR count). The van der Waals surface area contributed by atoms with Gasteiger partial charge in [0.15, 0.2) is 0 Å². The van der Waals surface area contributed by atoms with Gasteiger partial charge in [-0.05, 0) is 25.0 Å². The summed E-state index contributed by atoms with van der Waals surface area (Å²) in [6.07, 6.45) is 2.96. The van der Waals surface area contributed by atoms with E-state index in [0.717, 1.165) is 6.26 Å². The van der Waals surface area contributed by atoms with Gasteiger partial charge in [-0.2, -0.15) is 0 Å². The summed E-state index contributed by atoms with van der Waals surface area (Å²) in [6.45, 7) is 1.04. The van der Waals surface area contributed by atoms with Gasteiger partial charge in [0, 0.05) is 32.0 Å². The lowest BCUT2D eigenvalue weighted by Gasteiger charge is -2.32. The predicted octanol–water partition coefficient (Wildman–Crippen LogP) is 0.396. The van der Waals surface area contributed by atoms with Crippen molar-refractivity contribution in [3.05, 3.63) is 40.4 Å². The van der Waals surface area contributed by atoms with E-state index in [1.54, 1.807) is 23.1 Å². The number of hydrogen-bond donors (Lipinski definition) is 2. The number of piperidine rings is 1. The highest BCUT2D eigenvalue weighted by atomic mass is 32.2. The Kier molecular flexibility index (Phi) is 5.38. The summed E-state index contributed by atoms with van der Waals surface area (Å²) in [4.78, 5) is 33.3. The molecule has 0 radical (unpaired) electrons. The lowest BCUT2D eigenvalue weighted by molar-refractivity contribution is -0.132. The van der Waals surface area contributed by atoms with Crippen molar-refractivity contribution in [2.75, 3.05) is 19.3 Å². The van der Waals surface area contributed by atoms with E-state index >= 15 is 0 Å². The molecule has 140 valence electrons. The second-order valence-corrected chi connectivity index (χ2v) is 8.35. The molecular weight excluding hydrogens is 356 g/mol. The maximum Gasteiger partial charge on any atom is 0.258 e. The van der Waals surface area contributed by atoms with Crippen LogP contribution in [0, 0.1) is 0 Å². The molecule has 0 spiro atoms. The molecular formula is C17H22N4O4S. The molecule has 26 heavy (non-hydrogen) atoms. The van der Waals surface area contributed by atoms with Crippen molar-refractivity contribution in [2.45, 2.75) is 31.7 Å². The van der Waals surface area contributed by atoms with Gasteiger partial charge in [-0.1, -0.05) is 12.1 Å². The fourth-order valence-electron chi connectivity index (χ4n) is 3.19. The predicted molar refractivity (Wildman–Crippen MR) is 98.3 cm³/mol. The number of amides is 1. The van der Waals surface area contributed by atoms with Gasteiger partial charge in [0.05, 0.1) is 17.2 Å². The molecule has 1 aromatic carbocycles. The van der Waals surface area contributed by atoms with E-state index < -0.39 is 10.0 Å². The van der Waals surface area contributed by atoms with Crippen molar-refractivity contribution in [1.82, 2.24) is 19.6 Å². The Balaban J connectivity index is 1.56. The Morgan fingerprint density at radius 3 is 2.69 bits per heavy atom. The summed E-state index contributed by atoms with van der Waals surface area (Å²) in [5.41, 5.74) is 0.414. The number of carbonyl (C=O) groups excluding carboxylic acids is 1. The van der Waals surface area contributed by atoms with Crippen molar-refractivity contribution >= 4 is 26.8 Å². The summed E-state index contributed by atoms with van der Waals surface area (Å²) < 4.78 is 25.1. The average Bonchev–Trinajstić information content (AvgIpc) is 2.59. The summed E-state index contributed by atoms with van der Waals surface area (Å²) >= 11 is 0. The van der Waals surface area contributed by atoms with Gasteiger partial charge in [0.25, 0.3) is 5.56 Å². The molecule has 0 saturated carbocycles. The van der Waals surface area contributed by atoms with Crippen molar-refractivity contribution in [3.63, 3.8) is 0 Å². The zero-order valence-electron chi connectivity index (χ0n) is 14.6. The highest BCUT2D eigenvalue weighted by Gasteiger charge is 2.24. The van der Waals surface area contributed by atoms with E-state index in [9.17, 15) is 18.0 Å². The highest BCUT2D eigenvalue weighted by molar-refractivity contribution is 7.88. The zero-order chi connectivity index (χ0) is 18.7. The molecule has 0 unspecified atom stereocenters. The quantitative estimate of drug-likeness (QED) is 0.782. The van der Waals surface area contributed by atoms with Crippen LogP contribution < -0.4 is 10.3 Å². The number of aromatic amines is 1. The number of nitrogens with zero attached hydrogens (tertiary/aromatic N) is 2. The summed E-state index contributed by atoms with van der Waals surface area (Å²) in [5.74, 6) is 0.481. The minimum absolute atomic E-state index is 0.0152. The van der Waals surface area contributed by atoms with Gasteiger partial charge in [0.2, 0.25) is 15.9 Å². The van der Waals surface area contributed by atoms with Gasteiger partial charge in [0.1, 0.15) is 5.82 Å². The number of aryl methyl sites for hydroxylation is 1. The fraction of sp³-hybridized carbons (Fsp3) is 0.471. The molecule has 2 aromatic rings. The molecule has 1 aliphatic rings. The van der Waals surface area contributed by atoms with Crippen molar-refractivity contribution < 1.29 is 13.2 Å². The fourth-order valence-corrected chi connectivity index (χ4v) is 4.03. The van der Waals surface area contributed by atoms with Gasteiger partial charge in [-0.15, -0.1) is 0 Å². The van der Waals surface area contributed by atoms with E-state index in [4.69, 9.17) is 0 Å². The van der Waals surface area contributed by atoms with Crippen LogP contribution in [0.5, 0.6) is 0 Å². The van der Waals surface area contributed by atoms with Crippen LogP contribution in [0.25, 0.3) is 10.9 Å². The molecule has 9 heteroatoms. The first-order valence-electron chi connectivity index (χ1n) is 8.55. The third-order valence-electron chi connectivity index (χ3n) is 4.47. The SMILES string of the molecule is CS(=O)(=O)NC1CCN(C(=O)CCc2nc3ccccc3c(=O)[nH]2)CC1. The lowest BCUT2D eigenvalue weighted by Crippen LogP contribution is -2.46. The van der Waals surface area contributed by atoms with E-state index in [1.807, 2.05) is 6.07 Å². The average molecular weight is 378 g/mol. The van der Waals surface area contributed by atoms with Crippen LogP contribution in [0.2, 0.25) is 0 Å². The minimum Gasteiger partial charge on any atom is -0.343 e. The van der Waals surface area contributed by atoms with Crippen molar-refractivity contribution in [2.24, 2.45) is 0 Å². The van der Waals surface area contributed by atoms with E-state index in [0.29, 0.717) is 49.1 Å². The number of sulfonamides is 1. The first-order valence-corrected chi connectivity index (χ1v) is 10.4. The maximum atomic E-state index is 12.4. The van der Waals surface area contributed by atoms with E-state index in [-0.39, 0.29) is 23.9 Å². The number of para-hydroxylation sites is 1. The number of hydrogen-bond acceptors (Lipinski definition) is 5. The van der Waals surface area contributed by atoms with Crippen LogP contribution in [0.3, 0.4) is 0 Å². The number of benzene rings is 1. The second kappa shape index (κ2) is 7.55. The van der Waals surface area contributed by atoms with Crippen molar-refractivity contribution in [3.8, 4) is 0 Å². The molecule has 1 saturated heterocycles. The van der Waals surface area contributed by atoms with Gasteiger partial charge >= 0.3 is 0 Å². The van der Waals surface area contributed by atoms with Crippen LogP contribution >= 0.6 is 0 Å². The molecule has 1 aliphatic heterocycles. The van der Waals surface area contributed by atoms with E-state index in [2.05, 4.69) is 14.7 Å². The van der Waals surface area contributed by atoms with Crippen LogP contribution in [0.15, 0.2) is 29.1 Å². The van der Waals surface area contributed by atoms with Gasteiger partial charge in [-0.25, -0.2) is 18.1 Å². The molecule has 2 heterocycles. The molecule has 1 aromatic heterocycles. The number of carbonyl (C=O) groups is 1. The summed E-state index contributed by atoms with van der Waals surface area (Å²) in [5, 5.41) is 0.531. The third kappa shape index (κ3) is 4.67. The largest absolute Gasteiger partial charge is 0.343 e. The first-order chi connectivity index (χ1) is 12.3. The second-order valence-electron chi connectivity index (χ2n) is 6.57. The Bertz CT molecular complexity index is 962. The summed E-state index contributed by atoms with van der Waals surface area (Å²) in [6, 6.07) is 6.97. The number of H-pyrrole nitrogens is 1. The Labute approximate surface area is 151 Å². The van der Waals surface area contributed by atoms with Crippen molar-refractivity contribution in [1.29, 1.82) is 0 Å². The molecule has 0 aliphatic carbocycles. The van der Waals surface area contributed by atoms with Gasteiger partial charge < -0.3 is 9.88 Å². The Morgan fingerprint density at radius 1 is 1.31 bits per heavy atom. The number of aromatic nitrogens is 2. The first kappa shape index (κ1) is 18.5. The monoisotopic (exact) mass is 378 g/mol. The minimum atomic E-state index is -3.23. The van der Waals surface area contributed by atoms with Gasteiger partial charge in [-0.3, -0.25) is 9.59 Å². The van der Waals surface area contributed by atoms with Crippen LogP contribution in [0.4, 0.5) is 0 Å².